The first-order valence-electron chi connectivity index (χ1n) is 5.62. The van der Waals surface area contributed by atoms with Crippen LogP contribution in [0.15, 0.2) is 42.5 Å². The van der Waals surface area contributed by atoms with Crippen molar-refractivity contribution in [1.29, 1.82) is 0 Å². The van der Waals surface area contributed by atoms with Gasteiger partial charge in [0.1, 0.15) is 24.5 Å². The lowest BCUT2D eigenvalue weighted by Gasteiger charge is -2.08. The normalized spacial score (nSPS) is 10.1. The Morgan fingerprint density at radius 3 is 2.50 bits per heavy atom. The second-order valence-corrected chi connectivity index (χ2v) is 4.05. The summed E-state index contributed by atoms with van der Waals surface area (Å²) in [6.45, 7) is 2.23. The highest BCUT2D eigenvalue weighted by molar-refractivity contribution is 5.74. The van der Waals surface area contributed by atoms with Gasteiger partial charge in [-0.3, -0.25) is 4.79 Å². The third kappa shape index (κ3) is 2.94. The lowest BCUT2D eigenvalue weighted by molar-refractivity contribution is 0.112. The number of carbonyl (C=O) groups is 1. The zero-order valence-corrected chi connectivity index (χ0v) is 10.0. The molecule has 0 N–H and O–H groups in total. The first-order chi connectivity index (χ1) is 8.69. The van der Waals surface area contributed by atoms with Gasteiger partial charge >= 0.3 is 0 Å². The van der Waals surface area contributed by atoms with Gasteiger partial charge in [0.05, 0.1) is 0 Å². The van der Waals surface area contributed by atoms with Gasteiger partial charge in [0.25, 0.3) is 0 Å². The largest absolute Gasteiger partial charge is 0.489 e. The van der Waals surface area contributed by atoms with Crippen LogP contribution in [0.3, 0.4) is 0 Å². The molecule has 0 heterocycles. The van der Waals surface area contributed by atoms with Gasteiger partial charge in [0.15, 0.2) is 0 Å². The molecule has 0 fully saturated rings. The van der Waals surface area contributed by atoms with Gasteiger partial charge in [-0.1, -0.05) is 6.07 Å². The fourth-order valence-corrected chi connectivity index (χ4v) is 1.62. The highest BCUT2D eigenvalue weighted by Crippen LogP contribution is 2.16. The number of hydrogen-bond donors (Lipinski definition) is 0. The van der Waals surface area contributed by atoms with Crippen molar-refractivity contribution < 1.29 is 13.9 Å². The van der Waals surface area contributed by atoms with Gasteiger partial charge < -0.3 is 4.74 Å². The topological polar surface area (TPSA) is 26.3 Å². The van der Waals surface area contributed by atoms with Gasteiger partial charge in [-0.25, -0.2) is 4.39 Å². The van der Waals surface area contributed by atoms with Crippen LogP contribution in [0.5, 0.6) is 5.75 Å². The molecule has 18 heavy (non-hydrogen) atoms. The van der Waals surface area contributed by atoms with Crippen molar-refractivity contribution in [3.05, 3.63) is 65.0 Å². The smallest absolute Gasteiger partial charge is 0.150 e. The van der Waals surface area contributed by atoms with Crippen molar-refractivity contribution >= 4 is 6.29 Å². The Hall–Kier alpha value is -2.16. The van der Waals surface area contributed by atoms with Crippen LogP contribution < -0.4 is 4.74 Å². The van der Waals surface area contributed by atoms with Crippen LogP contribution in [0.2, 0.25) is 0 Å². The first-order valence-corrected chi connectivity index (χ1v) is 5.62. The van der Waals surface area contributed by atoms with Gasteiger partial charge in [-0.2, -0.15) is 0 Å². The van der Waals surface area contributed by atoms with E-state index in [0.717, 1.165) is 17.4 Å². The predicted molar refractivity (Wildman–Crippen MR) is 67.3 cm³/mol. The van der Waals surface area contributed by atoms with Crippen molar-refractivity contribution in [3.8, 4) is 5.75 Å². The van der Waals surface area contributed by atoms with E-state index < -0.39 is 0 Å². The van der Waals surface area contributed by atoms with Crippen LogP contribution in [0.4, 0.5) is 4.39 Å². The van der Waals surface area contributed by atoms with Crippen LogP contribution in [0, 0.1) is 12.7 Å². The van der Waals surface area contributed by atoms with Gasteiger partial charge in [0.2, 0.25) is 0 Å². The molecule has 92 valence electrons. The zero-order valence-electron chi connectivity index (χ0n) is 10.0. The van der Waals surface area contributed by atoms with E-state index in [2.05, 4.69) is 0 Å². The molecule has 0 aliphatic heterocycles. The van der Waals surface area contributed by atoms with E-state index in [9.17, 15) is 9.18 Å². The number of carbonyl (C=O) groups excluding carboxylic acids is 1. The maximum Gasteiger partial charge on any atom is 0.150 e. The summed E-state index contributed by atoms with van der Waals surface area (Å²) < 4.78 is 18.5. The van der Waals surface area contributed by atoms with E-state index in [0.29, 0.717) is 17.9 Å². The zero-order chi connectivity index (χ0) is 13.0. The number of benzene rings is 2. The van der Waals surface area contributed by atoms with E-state index in [1.54, 1.807) is 30.3 Å². The summed E-state index contributed by atoms with van der Waals surface area (Å²) in [5, 5.41) is 0. The van der Waals surface area contributed by atoms with Crippen molar-refractivity contribution in [1.82, 2.24) is 0 Å². The van der Waals surface area contributed by atoms with E-state index in [-0.39, 0.29) is 5.82 Å². The Morgan fingerprint density at radius 1 is 1.17 bits per heavy atom. The van der Waals surface area contributed by atoms with Gasteiger partial charge in [-0.05, 0) is 54.4 Å². The molecule has 0 unspecified atom stereocenters. The number of ether oxygens (including phenoxy) is 1. The number of rotatable bonds is 4. The van der Waals surface area contributed by atoms with Gasteiger partial charge in [0, 0.05) is 5.56 Å². The summed E-state index contributed by atoms with van der Waals surface area (Å²) in [7, 11) is 0. The average Bonchev–Trinajstić information content (AvgIpc) is 2.38. The van der Waals surface area contributed by atoms with Crippen molar-refractivity contribution in [2.75, 3.05) is 0 Å². The van der Waals surface area contributed by atoms with Crippen molar-refractivity contribution in [3.63, 3.8) is 0 Å². The molecule has 0 bridgehead atoms. The molecule has 0 amide bonds. The molecule has 2 aromatic rings. The van der Waals surface area contributed by atoms with Crippen LogP contribution >= 0.6 is 0 Å². The number of aldehydes is 1. The molecular weight excluding hydrogens is 231 g/mol. The van der Waals surface area contributed by atoms with Crippen LogP contribution in [0.1, 0.15) is 21.5 Å². The fourth-order valence-electron chi connectivity index (χ4n) is 1.62. The first kappa shape index (κ1) is 12.3. The Morgan fingerprint density at radius 2 is 1.89 bits per heavy atom. The lowest BCUT2D eigenvalue weighted by Crippen LogP contribution is -1.98. The average molecular weight is 244 g/mol. The summed E-state index contributed by atoms with van der Waals surface area (Å²) in [6, 6.07) is 11.5. The maximum absolute atomic E-state index is 12.9. The van der Waals surface area contributed by atoms with Gasteiger partial charge in [-0.15, -0.1) is 0 Å². The Kier molecular flexibility index (Phi) is 3.72. The summed E-state index contributed by atoms with van der Waals surface area (Å²) in [5.41, 5.74) is 2.41. The van der Waals surface area contributed by atoms with E-state index >= 15 is 0 Å². The Bertz CT molecular complexity index is 547. The van der Waals surface area contributed by atoms with E-state index in [4.69, 9.17) is 4.74 Å². The van der Waals surface area contributed by atoms with Crippen LogP contribution in [-0.4, -0.2) is 6.29 Å². The molecule has 0 spiro atoms. The molecule has 2 nitrogen and oxygen atoms in total. The number of aryl methyl sites for hydroxylation is 1. The second-order valence-electron chi connectivity index (χ2n) is 4.05. The highest BCUT2D eigenvalue weighted by atomic mass is 19.1. The van der Waals surface area contributed by atoms with Crippen LogP contribution in [-0.2, 0) is 6.61 Å². The fraction of sp³-hybridized carbons (Fsp3) is 0.133. The van der Waals surface area contributed by atoms with Crippen molar-refractivity contribution in [2.45, 2.75) is 13.5 Å². The maximum atomic E-state index is 12.9. The minimum atomic E-state index is -0.244. The van der Waals surface area contributed by atoms with E-state index in [1.165, 1.54) is 12.1 Å². The predicted octanol–water partition coefficient (Wildman–Crippen LogP) is 3.53. The monoisotopic (exact) mass is 244 g/mol. The summed E-state index contributed by atoms with van der Waals surface area (Å²) in [5.74, 6) is 0.441. The third-order valence-electron chi connectivity index (χ3n) is 2.72. The lowest BCUT2D eigenvalue weighted by atomic mass is 10.1. The third-order valence-corrected chi connectivity index (χ3v) is 2.72. The molecular formula is C15H13FO2. The van der Waals surface area contributed by atoms with Crippen molar-refractivity contribution in [2.24, 2.45) is 0 Å². The summed E-state index contributed by atoms with van der Waals surface area (Å²) in [6.07, 6.45) is 0.786. The quantitative estimate of drug-likeness (QED) is 0.769. The highest BCUT2D eigenvalue weighted by Gasteiger charge is 2.01. The minimum absolute atomic E-state index is 0.244. The summed E-state index contributed by atoms with van der Waals surface area (Å²) >= 11 is 0. The van der Waals surface area contributed by atoms with Crippen LogP contribution in [0.25, 0.3) is 0 Å². The standard InChI is InChI=1S/C15H13FO2/c1-11-8-14(16)5-4-13(11)10-18-15-6-2-12(9-17)3-7-15/h2-9H,10H2,1H3. The molecule has 0 aliphatic rings. The number of halogens is 1. The Labute approximate surface area is 105 Å². The molecule has 3 heteroatoms. The molecule has 0 aromatic heterocycles. The molecule has 0 radical (unpaired) electrons. The molecule has 2 aromatic carbocycles. The number of hydrogen-bond acceptors (Lipinski definition) is 2. The molecule has 0 saturated heterocycles. The SMILES string of the molecule is Cc1cc(F)ccc1COc1ccc(C=O)cc1. The molecule has 2 rings (SSSR count). The minimum Gasteiger partial charge on any atom is -0.489 e. The molecule has 0 saturated carbocycles. The van der Waals surface area contributed by atoms with E-state index in [1.807, 2.05) is 6.92 Å². The molecule has 0 atom stereocenters. The molecule has 0 aliphatic carbocycles. The summed E-state index contributed by atoms with van der Waals surface area (Å²) in [4.78, 5) is 10.5. The Balaban J connectivity index is 2.04. The second kappa shape index (κ2) is 5.45.